The Hall–Kier alpha value is 0.0200. The van der Waals surface area contributed by atoms with E-state index in [2.05, 4.69) is 13.8 Å². The Morgan fingerprint density at radius 3 is 2.82 bits per heavy atom. The number of hydrogen-bond donors (Lipinski definition) is 0. The second kappa shape index (κ2) is 4.15. The smallest absolute Gasteiger partial charge is 0.189 e. The van der Waals surface area contributed by atoms with Gasteiger partial charge in [0.05, 0.1) is 0 Å². The molecule has 2 atom stereocenters. The molecule has 0 spiro atoms. The fourth-order valence-corrected chi connectivity index (χ4v) is 2.79. The molecule has 2 heteroatoms. The third kappa shape index (κ3) is 2.51. The van der Waals surface area contributed by atoms with Crippen molar-refractivity contribution in [3.8, 4) is 0 Å². The number of carbonyl (C=O) groups excluding carboxylic acids is 1. The lowest BCUT2D eigenvalue weighted by Crippen LogP contribution is -2.06. The quantitative estimate of drug-likeness (QED) is 0.651. The zero-order chi connectivity index (χ0) is 8.27. The van der Waals surface area contributed by atoms with E-state index < -0.39 is 0 Å². The van der Waals surface area contributed by atoms with Crippen molar-refractivity contribution in [3.63, 3.8) is 0 Å². The number of hydrogen-bond acceptors (Lipinski definition) is 2. The molecule has 0 aromatic rings. The number of rotatable bonds is 3. The molecule has 1 heterocycles. The lowest BCUT2D eigenvalue weighted by Gasteiger charge is -2.11. The van der Waals surface area contributed by atoms with E-state index in [4.69, 9.17) is 0 Å². The van der Waals surface area contributed by atoms with Crippen molar-refractivity contribution >= 4 is 16.9 Å². The predicted octanol–water partition coefficient (Wildman–Crippen LogP) is 2.84. The highest BCUT2D eigenvalue weighted by Crippen LogP contribution is 2.36. The molecule has 0 aliphatic carbocycles. The molecule has 0 radical (unpaired) electrons. The fraction of sp³-hybridized carbons (Fsp3) is 0.889. The monoisotopic (exact) mass is 172 g/mol. The predicted molar refractivity (Wildman–Crippen MR) is 49.7 cm³/mol. The lowest BCUT2D eigenvalue weighted by molar-refractivity contribution is -0.110. The van der Waals surface area contributed by atoms with E-state index >= 15 is 0 Å². The molecule has 0 N–H and O–H groups in total. The van der Waals surface area contributed by atoms with Gasteiger partial charge in [0.1, 0.15) is 0 Å². The SMILES string of the molecule is CCCC[C@H]1SC(=O)C[C@H]1C. The van der Waals surface area contributed by atoms with Crippen molar-refractivity contribution in [2.75, 3.05) is 0 Å². The minimum Gasteiger partial charge on any atom is -0.287 e. The molecule has 0 aromatic heterocycles. The summed E-state index contributed by atoms with van der Waals surface area (Å²) in [6.07, 6.45) is 4.56. The molecule has 0 unspecified atom stereocenters. The maximum Gasteiger partial charge on any atom is 0.189 e. The van der Waals surface area contributed by atoms with Gasteiger partial charge in [-0.25, -0.2) is 0 Å². The first kappa shape index (κ1) is 9.11. The Bertz CT molecular complexity index is 144. The summed E-state index contributed by atoms with van der Waals surface area (Å²) < 4.78 is 0. The van der Waals surface area contributed by atoms with Crippen LogP contribution in [0.2, 0.25) is 0 Å². The maximum atomic E-state index is 11.0. The van der Waals surface area contributed by atoms with E-state index in [9.17, 15) is 4.79 Å². The van der Waals surface area contributed by atoms with E-state index in [0.29, 0.717) is 16.3 Å². The van der Waals surface area contributed by atoms with Crippen molar-refractivity contribution in [1.29, 1.82) is 0 Å². The third-order valence-electron chi connectivity index (χ3n) is 2.25. The van der Waals surface area contributed by atoms with Crippen molar-refractivity contribution in [3.05, 3.63) is 0 Å². The van der Waals surface area contributed by atoms with Gasteiger partial charge in [-0.15, -0.1) is 0 Å². The van der Waals surface area contributed by atoms with Crippen LogP contribution in [-0.4, -0.2) is 10.4 Å². The minimum absolute atomic E-state index is 0.401. The summed E-state index contributed by atoms with van der Waals surface area (Å²) in [5.74, 6) is 0.624. The highest BCUT2D eigenvalue weighted by Gasteiger charge is 2.29. The van der Waals surface area contributed by atoms with Gasteiger partial charge in [-0.05, 0) is 12.3 Å². The van der Waals surface area contributed by atoms with Gasteiger partial charge in [0.15, 0.2) is 5.12 Å². The highest BCUT2D eigenvalue weighted by molar-refractivity contribution is 8.14. The van der Waals surface area contributed by atoms with Crippen LogP contribution in [0.5, 0.6) is 0 Å². The standard InChI is InChI=1S/C9H16OS/c1-3-4-5-8-7(2)6-9(10)11-8/h7-8H,3-6H2,1-2H3/t7-,8-/m1/s1. The molecule has 1 aliphatic heterocycles. The van der Waals surface area contributed by atoms with Crippen LogP contribution < -0.4 is 0 Å². The van der Waals surface area contributed by atoms with Gasteiger partial charge in [0.2, 0.25) is 0 Å². The average Bonchev–Trinajstić information content (AvgIpc) is 2.26. The normalized spacial score (nSPS) is 31.3. The second-order valence-electron chi connectivity index (χ2n) is 3.35. The Kier molecular flexibility index (Phi) is 3.44. The summed E-state index contributed by atoms with van der Waals surface area (Å²) >= 11 is 1.57. The molecule has 1 nitrogen and oxygen atoms in total. The summed E-state index contributed by atoms with van der Waals surface area (Å²) in [6.45, 7) is 4.39. The Morgan fingerprint density at radius 2 is 2.36 bits per heavy atom. The molecular formula is C9H16OS. The van der Waals surface area contributed by atoms with E-state index in [0.717, 1.165) is 6.42 Å². The molecule has 1 rings (SSSR count). The van der Waals surface area contributed by atoms with Crippen LogP contribution in [0.1, 0.15) is 39.5 Å². The summed E-state index contributed by atoms with van der Waals surface area (Å²) in [5, 5.41) is 1.03. The van der Waals surface area contributed by atoms with Crippen LogP contribution in [0, 0.1) is 5.92 Å². The van der Waals surface area contributed by atoms with Gasteiger partial charge >= 0.3 is 0 Å². The fourth-order valence-electron chi connectivity index (χ4n) is 1.48. The van der Waals surface area contributed by atoms with Gasteiger partial charge in [-0.1, -0.05) is 38.5 Å². The van der Waals surface area contributed by atoms with Crippen molar-refractivity contribution in [1.82, 2.24) is 0 Å². The first-order chi connectivity index (χ1) is 5.24. The summed E-state index contributed by atoms with van der Waals surface area (Å²) in [6, 6.07) is 0. The minimum atomic E-state index is 0.401. The molecule has 1 aliphatic rings. The zero-order valence-electron chi connectivity index (χ0n) is 7.30. The Morgan fingerprint density at radius 1 is 1.64 bits per heavy atom. The Balaban J connectivity index is 2.28. The van der Waals surface area contributed by atoms with E-state index in [1.165, 1.54) is 19.3 Å². The topological polar surface area (TPSA) is 17.1 Å². The van der Waals surface area contributed by atoms with E-state index in [1.807, 2.05) is 0 Å². The van der Waals surface area contributed by atoms with Crippen molar-refractivity contribution < 1.29 is 4.79 Å². The van der Waals surface area contributed by atoms with Crippen LogP contribution in [-0.2, 0) is 4.79 Å². The van der Waals surface area contributed by atoms with Crippen LogP contribution in [0.3, 0.4) is 0 Å². The maximum absolute atomic E-state index is 11.0. The number of thioether (sulfide) groups is 1. The first-order valence-corrected chi connectivity index (χ1v) is 5.31. The van der Waals surface area contributed by atoms with E-state index in [1.54, 1.807) is 11.8 Å². The molecule has 1 fully saturated rings. The third-order valence-corrected chi connectivity index (χ3v) is 3.68. The highest BCUT2D eigenvalue weighted by atomic mass is 32.2. The average molecular weight is 172 g/mol. The van der Waals surface area contributed by atoms with Crippen molar-refractivity contribution in [2.24, 2.45) is 5.92 Å². The van der Waals surface area contributed by atoms with Gasteiger partial charge in [-0.3, -0.25) is 4.79 Å². The van der Waals surface area contributed by atoms with Gasteiger partial charge in [-0.2, -0.15) is 0 Å². The van der Waals surface area contributed by atoms with Gasteiger partial charge in [0.25, 0.3) is 0 Å². The molecule has 0 saturated carbocycles. The molecule has 64 valence electrons. The first-order valence-electron chi connectivity index (χ1n) is 4.43. The number of unbranched alkanes of at least 4 members (excludes halogenated alkanes) is 1. The van der Waals surface area contributed by atoms with E-state index in [-0.39, 0.29) is 0 Å². The van der Waals surface area contributed by atoms with Crippen LogP contribution in [0.15, 0.2) is 0 Å². The number of carbonyl (C=O) groups is 1. The van der Waals surface area contributed by atoms with Crippen LogP contribution in [0.25, 0.3) is 0 Å². The van der Waals surface area contributed by atoms with Crippen LogP contribution >= 0.6 is 11.8 Å². The summed E-state index contributed by atoms with van der Waals surface area (Å²) in [5.41, 5.74) is 0. The molecule has 1 saturated heterocycles. The molecule has 0 aromatic carbocycles. The Labute approximate surface area is 72.9 Å². The van der Waals surface area contributed by atoms with Gasteiger partial charge in [0, 0.05) is 11.7 Å². The summed E-state index contributed by atoms with van der Waals surface area (Å²) in [4.78, 5) is 11.0. The molecule has 11 heavy (non-hydrogen) atoms. The largest absolute Gasteiger partial charge is 0.287 e. The van der Waals surface area contributed by atoms with Gasteiger partial charge < -0.3 is 0 Å². The summed E-state index contributed by atoms with van der Waals surface area (Å²) in [7, 11) is 0. The molecular weight excluding hydrogens is 156 g/mol. The molecule has 0 bridgehead atoms. The van der Waals surface area contributed by atoms with Crippen molar-refractivity contribution in [2.45, 2.75) is 44.8 Å². The second-order valence-corrected chi connectivity index (χ2v) is 4.65. The zero-order valence-corrected chi connectivity index (χ0v) is 8.12. The molecule has 0 amide bonds. The lowest BCUT2D eigenvalue weighted by atomic mass is 10.0. The van der Waals surface area contributed by atoms with Crippen LogP contribution in [0.4, 0.5) is 0 Å².